The number of ketones is 1. The van der Waals surface area contributed by atoms with Crippen molar-refractivity contribution >= 4 is 48.9 Å². The number of fused-ring (bicyclic) bond motifs is 1. The SMILES string of the molecule is CS(=O)(=O)Nc1ccc2c(c1)S(=O)(=O)N=C(C1C(=O)[C@@H]3C4CC5CC(C4)CC(C5)[C@@H]3N(Cc3ccc(F)cc3)C1=O)N2. The number of halogens is 1. The molecule has 2 aromatic rings. The molecule has 42 heavy (non-hydrogen) atoms. The van der Waals surface area contributed by atoms with Crippen molar-refractivity contribution in [3.8, 4) is 0 Å². The van der Waals surface area contributed by atoms with Crippen molar-refractivity contribution < 1.29 is 30.8 Å². The van der Waals surface area contributed by atoms with Gasteiger partial charge in [-0.2, -0.15) is 8.42 Å². The minimum absolute atomic E-state index is 0.0442. The first kappa shape index (κ1) is 27.5. The fraction of sp³-hybridized carbons (Fsp3) is 0.483. The van der Waals surface area contributed by atoms with Crippen LogP contribution in [0.25, 0.3) is 0 Å². The molecular weight excluding hydrogens is 583 g/mol. The molecule has 3 unspecified atom stereocenters. The number of anilines is 2. The number of Topliss-reactive ketones (excluding diaryl/α,β-unsaturated/α-hetero) is 1. The maximum atomic E-state index is 14.4. The topological polar surface area (TPSA) is 142 Å². The fourth-order valence-electron chi connectivity index (χ4n) is 8.38. The van der Waals surface area contributed by atoms with Gasteiger partial charge in [-0.05, 0) is 91.7 Å². The maximum absolute atomic E-state index is 14.4. The third-order valence-electron chi connectivity index (χ3n) is 9.66. The van der Waals surface area contributed by atoms with Gasteiger partial charge >= 0.3 is 0 Å². The summed E-state index contributed by atoms with van der Waals surface area (Å²) in [6.07, 6.45) is 5.86. The van der Waals surface area contributed by atoms with Gasteiger partial charge in [0.25, 0.3) is 10.0 Å². The first-order chi connectivity index (χ1) is 19.9. The van der Waals surface area contributed by atoms with Gasteiger partial charge in [-0.25, -0.2) is 12.8 Å². The highest BCUT2D eigenvalue weighted by molar-refractivity contribution is 7.92. The van der Waals surface area contributed by atoms with Gasteiger partial charge in [0, 0.05) is 24.2 Å². The molecule has 222 valence electrons. The fourth-order valence-corrected chi connectivity index (χ4v) is 10.1. The van der Waals surface area contributed by atoms with E-state index in [1.54, 1.807) is 17.0 Å². The molecule has 13 heteroatoms. The molecule has 8 rings (SSSR count). The van der Waals surface area contributed by atoms with Gasteiger partial charge in [0.05, 0.1) is 11.9 Å². The molecule has 0 radical (unpaired) electrons. The monoisotopic (exact) mass is 614 g/mol. The number of nitrogens with zero attached hydrogens (tertiary/aromatic N) is 2. The third kappa shape index (κ3) is 4.70. The molecule has 2 aromatic carbocycles. The number of hydrogen-bond donors (Lipinski definition) is 2. The van der Waals surface area contributed by atoms with Crippen molar-refractivity contribution in [1.82, 2.24) is 4.90 Å². The van der Waals surface area contributed by atoms with Crippen LogP contribution in [0, 0.1) is 41.3 Å². The van der Waals surface area contributed by atoms with Gasteiger partial charge in [0.1, 0.15) is 16.5 Å². The highest BCUT2D eigenvalue weighted by Gasteiger charge is 2.59. The lowest BCUT2D eigenvalue weighted by atomic mass is 9.66. The molecule has 5 atom stereocenters. The predicted molar refractivity (Wildman–Crippen MR) is 153 cm³/mol. The van der Waals surface area contributed by atoms with E-state index in [4.69, 9.17) is 0 Å². The quantitative estimate of drug-likeness (QED) is 0.492. The summed E-state index contributed by atoms with van der Waals surface area (Å²) in [6, 6.07) is 9.57. The first-order valence-corrected chi connectivity index (χ1v) is 17.5. The minimum atomic E-state index is -4.38. The number of likely N-dealkylation sites (tertiary alicyclic amines) is 1. The van der Waals surface area contributed by atoms with Crippen LogP contribution in [0.15, 0.2) is 51.8 Å². The number of nitrogens with one attached hydrogen (secondary N) is 2. The molecule has 2 aliphatic heterocycles. The van der Waals surface area contributed by atoms with E-state index < -0.39 is 37.8 Å². The molecule has 4 bridgehead atoms. The molecule has 1 amide bonds. The van der Waals surface area contributed by atoms with Gasteiger partial charge in [0.2, 0.25) is 15.9 Å². The van der Waals surface area contributed by atoms with Crippen LogP contribution in [-0.2, 0) is 36.2 Å². The second-order valence-electron chi connectivity index (χ2n) is 12.5. The van der Waals surface area contributed by atoms with Crippen LogP contribution in [0.2, 0.25) is 0 Å². The van der Waals surface area contributed by atoms with E-state index in [1.165, 1.54) is 24.3 Å². The lowest BCUT2D eigenvalue weighted by Crippen LogP contribution is -2.62. The maximum Gasteiger partial charge on any atom is 0.286 e. The Morgan fingerprint density at radius 3 is 2.33 bits per heavy atom. The van der Waals surface area contributed by atoms with Crippen LogP contribution in [-0.4, -0.2) is 51.6 Å². The summed E-state index contributed by atoms with van der Waals surface area (Å²) < 4.78 is 69.9. The van der Waals surface area contributed by atoms with Gasteiger partial charge in [-0.1, -0.05) is 12.1 Å². The number of hydrogen-bond acceptors (Lipinski definition) is 7. The van der Waals surface area contributed by atoms with Crippen molar-refractivity contribution in [1.29, 1.82) is 0 Å². The van der Waals surface area contributed by atoms with Crippen LogP contribution in [0.4, 0.5) is 15.8 Å². The lowest BCUT2D eigenvalue weighted by molar-refractivity contribution is -0.154. The molecule has 5 fully saturated rings. The zero-order valence-corrected chi connectivity index (χ0v) is 24.5. The van der Waals surface area contributed by atoms with E-state index in [0.717, 1.165) is 50.0 Å². The smallest absolute Gasteiger partial charge is 0.286 e. The van der Waals surface area contributed by atoms with Crippen LogP contribution in [0.5, 0.6) is 0 Å². The minimum Gasteiger partial charge on any atom is -0.341 e. The number of sulfonamides is 2. The largest absolute Gasteiger partial charge is 0.341 e. The Morgan fingerprint density at radius 1 is 1.00 bits per heavy atom. The molecule has 2 N–H and O–H groups in total. The van der Waals surface area contributed by atoms with E-state index in [1.807, 2.05) is 0 Å². The Hall–Kier alpha value is -3.32. The average Bonchev–Trinajstić information content (AvgIpc) is 3.07. The zero-order chi connectivity index (χ0) is 29.6. The van der Waals surface area contributed by atoms with Crippen molar-refractivity contribution in [2.75, 3.05) is 16.3 Å². The number of carbonyl (C=O) groups excluding carboxylic acids is 2. The number of benzene rings is 2. The second kappa shape index (κ2) is 9.60. The molecule has 2 heterocycles. The summed E-state index contributed by atoms with van der Waals surface area (Å²) in [7, 11) is -8.03. The third-order valence-corrected chi connectivity index (χ3v) is 11.6. The van der Waals surface area contributed by atoms with E-state index in [2.05, 4.69) is 14.4 Å². The van der Waals surface area contributed by atoms with E-state index in [9.17, 15) is 30.8 Å². The summed E-state index contributed by atoms with van der Waals surface area (Å²) in [5, 5.41) is 2.93. The van der Waals surface area contributed by atoms with Crippen LogP contribution in [0.3, 0.4) is 0 Å². The van der Waals surface area contributed by atoms with Gasteiger partial charge in [-0.15, -0.1) is 4.40 Å². The molecule has 4 aliphatic carbocycles. The number of rotatable bonds is 5. The molecule has 10 nitrogen and oxygen atoms in total. The Morgan fingerprint density at radius 2 is 1.67 bits per heavy atom. The van der Waals surface area contributed by atoms with Gasteiger partial charge in [-0.3, -0.25) is 14.3 Å². The molecule has 0 aromatic heterocycles. The Labute approximate surface area is 243 Å². The van der Waals surface area contributed by atoms with E-state index in [0.29, 0.717) is 11.8 Å². The second-order valence-corrected chi connectivity index (χ2v) is 15.9. The van der Waals surface area contributed by atoms with E-state index >= 15 is 0 Å². The van der Waals surface area contributed by atoms with Crippen LogP contribution < -0.4 is 10.0 Å². The number of piperidine rings is 1. The number of amides is 1. The molecule has 1 saturated heterocycles. The van der Waals surface area contributed by atoms with Crippen LogP contribution >= 0.6 is 0 Å². The summed E-state index contributed by atoms with van der Waals surface area (Å²) in [6.45, 7) is 0.180. The molecule has 0 spiro atoms. The number of amidine groups is 1. The number of carbonyl (C=O) groups is 2. The molecular formula is C29H31FN4O6S2. The zero-order valence-electron chi connectivity index (χ0n) is 22.9. The Balaban J connectivity index is 1.29. The van der Waals surface area contributed by atoms with E-state index in [-0.39, 0.29) is 58.1 Å². The Bertz CT molecular complexity index is 1730. The Kier molecular flexibility index (Phi) is 6.29. The standard InChI is InChI=1S/C29H31FN4O6S2/c1-41(37,38)32-21-6-7-22-23(13-21)42(39,40)33-28(31-22)25-27(35)24-18-9-16-8-17(10-18)12-19(11-16)26(24)34(29(25)36)14-15-2-4-20(30)5-3-15/h2-7,13,16-19,24-26,32H,8-12,14H2,1H3,(H,31,33)/t16?,17?,18?,19?,24-,25?,26+/m1/s1. The first-order valence-electron chi connectivity index (χ1n) is 14.2. The van der Waals surface area contributed by atoms with Crippen molar-refractivity contribution in [2.24, 2.45) is 39.9 Å². The molecule has 4 saturated carbocycles. The average molecular weight is 615 g/mol. The van der Waals surface area contributed by atoms with Gasteiger partial charge in [0.15, 0.2) is 11.7 Å². The van der Waals surface area contributed by atoms with Gasteiger partial charge < -0.3 is 10.2 Å². The normalized spacial score (nSPS) is 32.9. The highest BCUT2D eigenvalue weighted by Crippen LogP contribution is 2.56. The summed E-state index contributed by atoms with van der Waals surface area (Å²) in [4.78, 5) is 30.2. The van der Waals surface area contributed by atoms with Crippen molar-refractivity contribution in [3.05, 3.63) is 53.8 Å². The summed E-state index contributed by atoms with van der Waals surface area (Å²) in [5.74, 6) is -2.01. The van der Waals surface area contributed by atoms with Crippen molar-refractivity contribution in [3.63, 3.8) is 0 Å². The summed E-state index contributed by atoms with van der Waals surface area (Å²) in [5.41, 5.74) is 0.874. The van der Waals surface area contributed by atoms with Crippen LogP contribution in [0.1, 0.15) is 37.7 Å². The van der Waals surface area contributed by atoms with Crippen molar-refractivity contribution in [2.45, 2.75) is 49.6 Å². The summed E-state index contributed by atoms with van der Waals surface area (Å²) >= 11 is 0. The predicted octanol–water partition coefficient (Wildman–Crippen LogP) is 3.38. The molecule has 6 aliphatic rings. The highest BCUT2D eigenvalue weighted by atomic mass is 32.2. The lowest BCUT2D eigenvalue weighted by Gasteiger charge is -2.47.